The van der Waals surface area contributed by atoms with Crippen molar-refractivity contribution in [2.24, 2.45) is 10.9 Å². The SMILES string of the molecule is CCNC(=NCCCCSC)N1CCC(CN(CC)CC)C1. The van der Waals surface area contributed by atoms with E-state index in [1.54, 1.807) is 0 Å². The lowest BCUT2D eigenvalue weighted by Crippen LogP contribution is -2.41. The van der Waals surface area contributed by atoms with Crippen molar-refractivity contribution in [3.63, 3.8) is 0 Å². The van der Waals surface area contributed by atoms with Crippen molar-refractivity contribution < 1.29 is 0 Å². The molecule has 0 aromatic heterocycles. The van der Waals surface area contributed by atoms with Gasteiger partial charge in [-0.25, -0.2) is 0 Å². The zero-order chi connectivity index (χ0) is 16.2. The fourth-order valence-corrected chi connectivity index (χ4v) is 3.48. The number of nitrogens with zero attached hydrogens (tertiary/aromatic N) is 3. The molecule has 1 fully saturated rings. The van der Waals surface area contributed by atoms with Gasteiger partial charge in [-0.2, -0.15) is 11.8 Å². The van der Waals surface area contributed by atoms with Crippen LogP contribution in [0, 0.1) is 5.92 Å². The van der Waals surface area contributed by atoms with E-state index in [0.717, 1.165) is 51.1 Å². The smallest absolute Gasteiger partial charge is 0.193 e. The molecule has 130 valence electrons. The average Bonchev–Trinajstić information content (AvgIpc) is 2.99. The van der Waals surface area contributed by atoms with E-state index in [1.807, 2.05) is 11.8 Å². The summed E-state index contributed by atoms with van der Waals surface area (Å²) in [5.41, 5.74) is 0. The molecule has 1 heterocycles. The first-order chi connectivity index (χ1) is 10.7. The van der Waals surface area contributed by atoms with Gasteiger partial charge in [-0.3, -0.25) is 4.99 Å². The Labute approximate surface area is 142 Å². The summed E-state index contributed by atoms with van der Waals surface area (Å²) in [5.74, 6) is 3.18. The number of thioether (sulfide) groups is 1. The predicted octanol–water partition coefficient (Wildman–Crippen LogP) is 2.76. The summed E-state index contributed by atoms with van der Waals surface area (Å²) >= 11 is 1.93. The highest BCUT2D eigenvalue weighted by Gasteiger charge is 2.25. The zero-order valence-corrected chi connectivity index (χ0v) is 15.9. The molecule has 1 rings (SSSR count). The van der Waals surface area contributed by atoms with E-state index in [2.05, 4.69) is 42.1 Å². The Morgan fingerprint density at radius 2 is 2.05 bits per heavy atom. The fraction of sp³-hybridized carbons (Fsp3) is 0.941. The van der Waals surface area contributed by atoms with E-state index in [0.29, 0.717) is 0 Å². The summed E-state index contributed by atoms with van der Waals surface area (Å²) in [7, 11) is 0. The second-order valence-corrected chi connectivity index (χ2v) is 7.01. The molecule has 0 saturated carbocycles. The van der Waals surface area contributed by atoms with Crippen LogP contribution >= 0.6 is 11.8 Å². The van der Waals surface area contributed by atoms with Crippen molar-refractivity contribution in [2.75, 3.05) is 57.8 Å². The molecule has 0 aliphatic carbocycles. The molecule has 0 amide bonds. The van der Waals surface area contributed by atoms with Crippen molar-refractivity contribution in [3.05, 3.63) is 0 Å². The summed E-state index contributed by atoms with van der Waals surface area (Å²) in [6, 6.07) is 0. The lowest BCUT2D eigenvalue weighted by molar-refractivity contribution is 0.255. The maximum Gasteiger partial charge on any atom is 0.193 e. The second-order valence-electron chi connectivity index (χ2n) is 6.02. The molecule has 0 aromatic carbocycles. The van der Waals surface area contributed by atoms with Crippen LogP contribution in [0.4, 0.5) is 0 Å². The molecule has 1 unspecified atom stereocenters. The summed E-state index contributed by atoms with van der Waals surface area (Å²) in [5, 5.41) is 3.47. The van der Waals surface area contributed by atoms with Gasteiger partial charge >= 0.3 is 0 Å². The van der Waals surface area contributed by atoms with Gasteiger partial charge in [0, 0.05) is 32.7 Å². The summed E-state index contributed by atoms with van der Waals surface area (Å²) < 4.78 is 0. The molecule has 0 aromatic rings. The van der Waals surface area contributed by atoms with Gasteiger partial charge in [0.05, 0.1) is 0 Å². The molecule has 1 saturated heterocycles. The van der Waals surface area contributed by atoms with Gasteiger partial charge in [-0.1, -0.05) is 13.8 Å². The van der Waals surface area contributed by atoms with Crippen LogP contribution in [-0.2, 0) is 0 Å². The standard InChI is InChI=1S/C17H36N4S/c1-5-18-17(19-11-8-9-13-22-4)21-12-10-16(15-21)14-20(6-2)7-3/h16H,5-15H2,1-4H3,(H,18,19). The van der Waals surface area contributed by atoms with E-state index >= 15 is 0 Å². The van der Waals surface area contributed by atoms with Gasteiger partial charge < -0.3 is 15.1 Å². The minimum Gasteiger partial charge on any atom is -0.357 e. The van der Waals surface area contributed by atoms with Gasteiger partial charge in [0.1, 0.15) is 0 Å². The molecule has 1 atom stereocenters. The van der Waals surface area contributed by atoms with E-state index < -0.39 is 0 Å². The van der Waals surface area contributed by atoms with Gasteiger partial charge in [-0.05, 0) is 57.2 Å². The highest BCUT2D eigenvalue weighted by molar-refractivity contribution is 7.98. The van der Waals surface area contributed by atoms with Crippen molar-refractivity contribution in [1.82, 2.24) is 15.1 Å². The number of guanidine groups is 1. The number of likely N-dealkylation sites (tertiary alicyclic amines) is 1. The monoisotopic (exact) mass is 328 g/mol. The molecule has 1 aliphatic rings. The first-order valence-corrected chi connectivity index (χ1v) is 10.4. The van der Waals surface area contributed by atoms with Crippen LogP contribution in [0.25, 0.3) is 0 Å². The first kappa shape index (κ1) is 19.6. The zero-order valence-electron chi connectivity index (χ0n) is 15.1. The van der Waals surface area contributed by atoms with Crippen LogP contribution in [-0.4, -0.2) is 73.6 Å². The largest absolute Gasteiger partial charge is 0.357 e. The van der Waals surface area contributed by atoms with E-state index in [9.17, 15) is 0 Å². The second kappa shape index (κ2) is 12.1. The summed E-state index contributed by atoms with van der Waals surface area (Å²) in [6.07, 6.45) is 5.95. The third-order valence-electron chi connectivity index (χ3n) is 4.35. The van der Waals surface area contributed by atoms with E-state index in [-0.39, 0.29) is 0 Å². The molecule has 1 N–H and O–H groups in total. The summed E-state index contributed by atoms with van der Waals surface area (Å²) in [6.45, 7) is 14.5. The van der Waals surface area contributed by atoms with Crippen LogP contribution in [0.1, 0.15) is 40.0 Å². The third kappa shape index (κ3) is 7.23. The van der Waals surface area contributed by atoms with Crippen molar-refractivity contribution in [1.29, 1.82) is 0 Å². The number of aliphatic imine (C=N–C) groups is 1. The van der Waals surface area contributed by atoms with E-state index in [4.69, 9.17) is 4.99 Å². The molecule has 5 heteroatoms. The van der Waals surface area contributed by atoms with Crippen molar-refractivity contribution in [3.8, 4) is 0 Å². The molecule has 4 nitrogen and oxygen atoms in total. The van der Waals surface area contributed by atoms with Gasteiger partial charge in [-0.15, -0.1) is 0 Å². The van der Waals surface area contributed by atoms with Crippen LogP contribution < -0.4 is 5.32 Å². The topological polar surface area (TPSA) is 30.9 Å². The Morgan fingerprint density at radius 3 is 2.68 bits per heavy atom. The minimum atomic E-state index is 0.792. The molecular formula is C17H36N4S. The Bertz CT molecular complexity index is 305. The third-order valence-corrected chi connectivity index (χ3v) is 5.05. The van der Waals surface area contributed by atoms with E-state index in [1.165, 1.54) is 31.6 Å². The molecule has 1 aliphatic heterocycles. The lowest BCUT2D eigenvalue weighted by Gasteiger charge is -2.24. The van der Waals surface area contributed by atoms with Gasteiger partial charge in [0.15, 0.2) is 5.96 Å². The predicted molar refractivity (Wildman–Crippen MR) is 101 cm³/mol. The Balaban J connectivity index is 2.42. The number of unbranched alkanes of at least 4 members (excludes halogenated alkanes) is 1. The number of hydrogen-bond acceptors (Lipinski definition) is 3. The Morgan fingerprint density at radius 1 is 1.27 bits per heavy atom. The highest BCUT2D eigenvalue weighted by Crippen LogP contribution is 2.17. The first-order valence-electron chi connectivity index (χ1n) is 8.99. The van der Waals surface area contributed by atoms with Crippen LogP contribution in [0.2, 0.25) is 0 Å². The Kier molecular flexibility index (Phi) is 10.8. The van der Waals surface area contributed by atoms with Crippen LogP contribution in [0.5, 0.6) is 0 Å². The number of hydrogen-bond donors (Lipinski definition) is 1. The van der Waals surface area contributed by atoms with Crippen molar-refractivity contribution in [2.45, 2.75) is 40.0 Å². The maximum absolute atomic E-state index is 4.83. The van der Waals surface area contributed by atoms with Crippen LogP contribution in [0.3, 0.4) is 0 Å². The number of rotatable bonds is 10. The Hall–Kier alpha value is -0.420. The highest BCUT2D eigenvalue weighted by atomic mass is 32.2. The van der Waals surface area contributed by atoms with Crippen LogP contribution in [0.15, 0.2) is 4.99 Å². The van der Waals surface area contributed by atoms with Gasteiger partial charge in [0.2, 0.25) is 0 Å². The van der Waals surface area contributed by atoms with Gasteiger partial charge in [0.25, 0.3) is 0 Å². The lowest BCUT2D eigenvalue weighted by atomic mass is 10.1. The molecule has 0 spiro atoms. The molecular weight excluding hydrogens is 292 g/mol. The minimum absolute atomic E-state index is 0.792. The summed E-state index contributed by atoms with van der Waals surface area (Å²) in [4.78, 5) is 9.84. The maximum atomic E-state index is 4.83. The average molecular weight is 329 g/mol. The fourth-order valence-electron chi connectivity index (χ4n) is 2.99. The molecule has 22 heavy (non-hydrogen) atoms. The quantitative estimate of drug-likeness (QED) is 0.379. The molecule has 0 bridgehead atoms. The number of nitrogens with one attached hydrogen (secondary N) is 1. The normalized spacial score (nSPS) is 19.2. The van der Waals surface area contributed by atoms with Crippen molar-refractivity contribution >= 4 is 17.7 Å². The molecule has 0 radical (unpaired) electrons.